The number of quaternary nitrogens is 1. The van der Waals surface area contributed by atoms with E-state index in [2.05, 4.69) is 38.2 Å². The van der Waals surface area contributed by atoms with E-state index >= 15 is 0 Å². The minimum absolute atomic E-state index is 0.0525. The maximum absolute atomic E-state index is 12.8. The van der Waals surface area contributed by atoms with Gasteiger partial charge in [-0.2, -0.15) is 0 Å². The zero-order valence-electron chi connectivity index (χ0n) is 39.4. The van der Waals surface area contributed by atoms with Crippen LogP contribution in [-0.4, -0.2) is 80.6 Å². The zero-order chi connectivity index (χ0) is 44.2. The highest BCUT2D eigenvalue weighted by Crippen LogP contribution is 2.16. The number of rotatable bonds is 43. The Labute approximate surface area is 368 Å². The van der Waals surface area contributed by atoms with E-state index < -0.39 is 18.1 Å². The smallest absolute Gasteiger partial charge is 0.362 e. The van der Waals surface area contributed by atoms with Crippen molar-refractivity contribution in [3.8, 4) is 0 Å². The van der Waals surface area contributed by atoms with E-state index in [1.165, 1.54) is 103 Å². The molecule has 346 valence electrons. The highest BCUT2D eigenvalue weighted by Gasteiger charge is 2.31. The second-order valence-corrected chi connectivity index (χ2v) is 17.5. The fourth-order valence-electron chi connectivity index (χ4n) is 7.00. The van der Waals surface area contributed by atoms with Crippen molar-refractivity contribution in [1.29, 1.82) is 0 Å². The molecular weight excluding hydrogens is 751 g/mol. The Morgan fingerprint density at radius 3 is 1.37 bits per heavy atom. The van der Waals surface area contributed by atoms with Crippen molar-refractivity contribution in [3.63, 3.8) is 0 Å². The lowest BCUT2D eigenvalue weighted by Crippen LogP contribution is -2.50. The minimum atomic E-state index is -0.879. The molecule has 0 amide bonds. The van der Waals surface area contributed by atoms with Gasteiger partial charge in [-0.15, -0.1) is 0 Å². The number of carbonyl (C=O) groups excluding carboxylic acids is 2. The van der Waals surface area contributed by atoms with Crippen LogP contribution in [-0.2, 0) is 28.6 Å². The quantitative estimate of drug-likeness (QED) is 0.0282. The second-order valence-electron chi connectivity index (χ2n) is 17.5. The summed E-state index contributed by atoms with van der Waals surface area (Å²) in [6.07, 6.45) is 52.6. The predicted octanol–water partition coefficient (Wildman–Crippen LogP) is 13.8. The van der Waals surface area contributed by atoms with Gasteiger partial charge in [0.25, 0.3) is 0 Å². The molecule has 0 aliphatic heterocycles. The van der Waals surface area contributed by atoms with Crippen LogP contribution in [0.2, 0.25) is 0 Å². The normalized spacial score (nSPS) is 13.4. The third-order valence-electron chi connectivity index (χ3n) is 10.8. The molecule has 0 aliphatic carbocycles. The third-order valence-corrected chi connectivity index (χ3v) is 10.8. The SMILES string of the molecule is CCC/C=C/C=C/C=C/C=C/C=C/CCCCCCCC(=O)OCC(COCCC(C(=O)O)[N+](C)(C)C)OC(=O)CCCCCCCCCCCCCCCCCCCC. The molecule has 0 saturated carbocycles. The number of carboxylic acids is 1. The van der Waals surface area contributed by atoms with Gasteiger partial charge in [0.1, 0.15) is 6.61 Å². The fraction of sp³-hybridized carbons (Fsp3) is 0.750. The first kappa shape index (κ1) is 57.0. The molecule has 0 fully saturated rings. The van der Waals surface area contributed by atoms with E-state index in [9.17, 15) is 19.5 Å². The lowest BCUT2D eigenvalue weighted by atomic mass is 10.0. The van der Waals surface area contributed by atoms with Crippen LogP contribution in [0.5, 0.6) is 0 Å². The summed E-state index contributed by atoms with van der Waals surface area (Å²) in [5, 5.41) is 9.64. The van der Waals surface area contributed by atoms with Gasteiger partial charge in [-0.1, -0.05) is 209 Å². The average molecular weight is 843 g/mol. The Bertz CT molecular complexity index is 1170. The molecule has 0 radical (unpaired) electrons. The van der Waals surface area contributed by atoms with Crippen LogP contribution in [0.3, 0.4) is 0 Å². The Kier molecular flexibility index (Phi) is 40.6. The molecular formula is C52H92NO7+. The number of ether oxygens (including phenoxy) is 3. The number of allylic oxidation sites excluding steroid dienone is 10. The van der Waals surface area contributed by atoms with Crippen LogP contribution >= 0.6 is 0 Å². The average Bonchev–Trinajstić information content (AvgIpc) is 3.21. The van der Waals surface area contributed by atoms with E-state index in [0.717, 1.165) is 64.2 Å². The molecule has 2 unspecified atom stereocenters. The molecule has 8 nitrogen and oxygen atoms in total. The van der Waals surface area contributed by atoms with Crippen LogP contribution in [0.1, 0.15) is 200 Å². The van der Waals surface area contributed by atoms with Crippen LogP contribution in [0.15, 0.2) is 60.8 Å². The maximum Gasteiger partial charge on any atom is 0.362 e. The summed E-state index contributed by atoms with van der Waals surface area (Å²) < 4.78 is 17.3. The Morgan fingerprint density at radius 2 is 0.917 bits per heavy atom. The van der Waals surface area contributed by atoms with Gasteiger partial charge in [0, 0.05) is 19.3 Å². The fourth-order valence-corrected chi connectivity index (χ4v) is 7.00. The van der Waals surface area contributed by atoms with E-state index in [0.29, 0.717) is 19.3 Å². The molecule has 8 heteroatoms. The van der Waals surface area contributed by atoms with E-state index in [1.807, 2.05) is 57.6 Å². The molecule has 1 N–H and O–H groups in total. The van der Waals surface area contributed by atoms with Crippen LogP contribution < -0.4 is 0 Å². The first-order valence-corrected chi connectivity index (χ1v) is 24.4. The van der Waals surface area contributed by atoms with Gasteiger partial charge in [-0.05, 0) is 32.1 Å². The van der Waals surface area contributed by atoms with E-state index in [1.54, 1.807) is 0 Å². The van der Waals surface area contributed by atoms with Crippen LogP contribution in [0.4, 0.5) is 0 Å². The van der Waals surface area contributed by atoms with Crippen molar-refractivity contribution in [2.45, 2.75) is 212 Å². The molecule has 0 saturated heterocycles. The zero-order valence-corrected chi connectivity index (χ0v) is 39.4. The minimum Gasteiger partial charge on any atom is -0.477 e. The summed E-state index contributed by atoms with van der Waals surface area (Å²) in [4.78, 5) is 37.1. The predicted molar refractivity (Wildman–Crippen MR) is 252 cm³/mol. The van der Waals surface area contributed by atoms with E-state index in [4.69, 9.17) is 14.2 Å². The molecule has 0 aromatic heterocycles. The van der Waals surface area contributed by atoms with Gasteiger partial charge in [-0.25, -0.2) is 4.79 Å². The van der Waals surface area contributed by atoms with Gasteiger partial charge >= 0.3 is 17.9 Å². The van der Waals surface area contributed by atoms with Crippen molar-refractivity contribution in [3.05, 3.63) is 60.8 Å². The van der Waals surface area contributed by atoms with Crippen molar-refractivity contribution >= 4 is 17.9 Å². The topological polar surface area (TPSA) is 99.1 Å². The Balaban J connectivity index is 4.33. The first-order valence-electron chi connectivity index (χ1n) is 24.4. The summed E-state index contributed by atoms with van der Waals surface area (Å²) in [5.74, 6) is -1.49. The Hall–Kier alpha value is -2.97. The first-order chi connectivity index (χ1) is 29.1. The number of carbonyl (C=O) groups is 3. The Morgan fingerprint density at radius 1 is 0.500 bits per heavy atom. The number of hydrogen-bond acceptors (Lipinski definition) is 6. The van der Waals surface area contributed by atoms with Crippen molar-refractivity contribution in [1.82, 2.24) is 0 Å². The van der Waals surface area contributed by atoms with Gasteiger partial charge in [0.05, 0.1) is 34.4 Å². The molecule has 2 atom stereocenters. The van der Waals surface area contributed by atoms with E-state index in [-0.39, 0.29) is 36.2 Å². The molecule has 0 aromatic rings. The van der Waals surface area contributed by atoms with Gasteiger partial charge < -0.3 is 23.8 Å². The number of esters is 2. The number of unbranched alkanes of at least 4 members (excludes halogenated alkanes) is 23. The monoisotopic (exact) mass is 843 g/mol. The molecule has 60 heavy (non-hydrogen) atoms. The number of aliphatic carboxylic acids is 1. The largest absolute Gasteiger partial charge is 0.477 e. The molecule has 0 aromatic carbocycles. The number of nitrogens with zero attached hydrogens (tertiary/aromatic N) is 1. The standard InChI is InChI=1S/C52H91NO7/c1-6-8-10-12-14-16-18-20-22-24-26-28-30-32-34-36-38-40-42-50(54)59-47-48(46-58-45-44-49(52(56)57)53(3,4)5)60-51(55)43-41-39-37-35-33-31-29-27-25-23-21-19-17-15-13-11-9-7-2/h10,12,14,16,18,20,22,24,26,28,48-49H,6-9,11,13,15,17,19,21,23,25,27,29-47H2,1-5H3/p+1/b12-10+,16-14+,20-18+,24-22+,28-26+. The highest BCUT2D eigenvalue weighted by molar-refractivity contribution is 5.72. The van der Waals surface area contributed by atoms with Gasteiger partial charge in [-0.3, -0.25) is 9.59 Å². The molecule has 0 bridgehead atoms. The molecule has 0 aliphatic rings. The summed E-state index contributed by atoms with van der Waals surface area (Å²) in [5.41, 5.74) is 0. The van der Waals surface area contributed by atoms with Gasteiger partial charge in [0.2, 0.25) is 0 Å². The van der Waals surface area contributed by atoms with Crippen molar-refractivity contribution < 1.29 is 38.2 Å². The number of likely N-dealkylation sites (N-methyl/N-ethyl adjacent to an activating group) is 1. The lowest BCUT2D eigenvalue weighted by Gasteiger charge is -2.31. The summed E-state index contributed by atoms with van der Waals surface area (Å²) in [6, 6.07) is -0.620. The lowest BCUT2D eigenvalue weighted by molar-refractivity contribution is -0.887. The van der Waals surface area contributed by atoms with Gasteiger partial charge in [0.15, 0.2) is 12.1 Å². The van der Waals surface area contributed by atoms with Crippen molar-refractivity contribution in [2.24, 2.45) is 0 Å². The third kappa shape index (κ3) is 40.4. The van der Waals surface area contributed by atoms with Crippen LogP contribution in [0, 0.1) is 0 Å². The summed E-state index contributed by atoms with van der Waals surface area (Å²) in [6.45, 7) is 4.64. The summed E-state index contributed by atoms with van der Waals surface area (Å²) >= 11 is 0. The molecule has 0 rings (SSSR count). The second kappa shape index (κ2) is 42.7. The maximum atomic E-state index is 12.8. The molecule has 0 spiro atoms. The highest BCUT2D eigenvalue weighted by atomic mass is 16.6. The number of hydrogen-bond donors (Lipinski definition) is 1. The molecule has 0 heterocycles. The number of carboxylic acid groups (broad SMARTS) is 1. The van der Waals surface area contributed by atoms with Crippen molar-refractivity contribution in [2.75, 3.05) is 41.0 Å². The summed E-state index contributed by atoms with van der Waals surface area (Å²) in [7, 11) is 5.52. The van der Waals surface area contributed by atoms with Crippen LogP contribution in [0.25, 0.3) is 0 Å².